The quantitative estimate of drug-likeness (QED) is 0.672. The van der Waals surface area contributed by atoms with Crippen LogP contribution in [-0.2, 0) is 9.47 Å². The number of hydrogen-bond donors (Lipinski definition) is 0. The number of hydrogen-bond acceptors (Lipinski definition) is 2. The van der Waals surface area contributed by atoms with Crippen molar-refractivity contribution >= 4 is 0 Å². The Morgan fingerprint density at radius 2 is 1.04 bits per heavy atom. The van der Waals surface area contributed by atoms with Crippen molar-refractivity contribution in [1.29, 1.82) is 0 Å². The molecule has 0 radical (unpaired) electrons. The molecule has 2 heterocycles. The van der Waals surface area contributed by atoms with E-state index in [-0.39, 0.29) is 38.9 Å². The predicted molar refractivity (Wildman–Crippen MR) is 70.8 cm³/mol. The van der Waals surface area contributed by atoms with E-state index in [1.165, 1.54) is 13.8 Å². The van der Waals surface area contributed by atoms with Gasteiger partial charge < -0.3 is 9.47 Å². The molecular weight excluding hydrogens is 326 g/mol. The van der Waals surface area contributed by atoms with Crippen LogP contribution in [0.3, 0.4) is 0 Å². The molecular formula is C15H22F6O2. The van der Waals surface area contributed by atoms with Gasteiger partial charge in [0.15, 0.2) is 5.41 Å². The van der Waals surface area contributed by atoms with Crippen LogP contribution in [0.25, 0.3) is 0 Å². The average Bonchev–Trinajstić information content (AvgIpc) is 2.36. The standard InChI is InChI=1S/C15H22F6O2/c1-9-7-11(3-5-22-9)13(14(16,17)18,15(19,20)21)12-4-6-23-10(2)8-12/h9-12H,3-8H2,1-2H3. The highest BCUT2D eigenvalue weighted by Gasteiger charge is 2.76. The van der Waals surface area contributed by atoms with E-state index in [0.29, 0.717) is 0 Å². The van der Waals surface area contributed by atoms with E-state index in [4.69, 9.17) is 9.47 Å². The summed E-state index contributed by atoms with van der Waals surface area (Å²) in [6.45, 7) is 2.91. The lowest BCUT2D eigenvalue weighted by atomic mass is 9.59. The fourth-order valence-corrected chi connectivity index (χ4v) is 4.24. The van der Waals surface area contributed by atoms with Crippen molar-refractivity contribution in [1.82, 2.24) is 0 Å². The molecule has 2 aliphatic rings. The minimum absolute atomic E-state index is 0.0709. The first kappa shape index (κ1) is 18.8. The zero-order valence-electron chi connectivity index (χ0n) is 13.1. The Bertz CT molecular complexity index is 368. The van der Waals surface area contributed by atoms with Crippen molar-refractivity contribution in [3.63, 3.8) is 0 Å². The number of halogens is 6. The largest absolute Gasteiger partial charge is 0.403 e. The summed E-state index contributed by atoms with van der Waals surface area (Å²) in [5, 5.41) is 0. The molecule has 2 nitrogen and oxygen atoms in total. The second-order valence-electron chi connectivity index (χ2n) is 6.67. The molecule has 0 aromatic heterocycles. The van der Waals surface area contributed by atoms with Crippen LogP contribution >= 0.6 is 0 Å². The van der Waals surface area contributed by atoms with E-state index < -0.39 is 41.8 Å². The Kier molecular flexibility index (Phi) is 5.26. The molecule has 2 fully saturated rings. The Morgan fingerprint density at radius 1 is 0.696 bits per heavy atom. The van der Waals surface area contributed by atoms with Crippen LogP contribution in [0.15, 0.2) is 0 Å². The Morgan fingerprint density at radius 3 is 1.30 bits per heavy atom. The van der Waals surface area contributed by atoms with Gasteiger partial charge in [0.25, 0.3) is 0 Å². The van der Waals surface area contributed by atoms with Crippen molar-refractivity contribution < 1.29 is 35.8 Å². The van der Waals surface area contributed by atoms with Crippen LogP contribution in [0.5, 0.6) is 0 Å². The minimum Gasteiger partial charge on any atom is -0.378 e. The molecule has 0 aromatic rings. The molecule has 0 bridgehead atoms. The van der Waals surface area contributed by atoms with E-state index in [0.717, 1.165) is 0 Å². The summed E-state index contributed by atoms with van der Waals surface area (Å²) in [4.78, 5) is 0. The summed E-state index contributed by atoms with van der Waals surface area (Å²) in [5.74, 6) is -3.02. The predicted octanol–water partition coefficient (Wildman–Crippen LogP) is 4.73. The van der Waals surface area contributed by atoms with Crippen molar-refractivity contribution in [2.75, 3.05) is 13.2 Å². The average molecular weight is 348 g/mol. The van der Waals surface area contributed by atoms with Gasteiger partial charge in [0.05, 0.1) is 12.2 Å². The first-order valence-corrected chi connectivity index (χ1v) is 7.86. The molecule has 2 rings (SSSR count). The summed E-state index contributed by atoms with van der Waals surface area (Å²) < 4.78 is 93.7. The lowest BCUT2D eigenvalue weighted by molar-refractivity contribution is -0.387. The number of alkyl halides is 6. The summed E-state index contributed by atoms with van der Waals surface area (Å²) in [7, 11) is 0. The van der Waals surface area contributed by atoms with Crippen molar-refractivity contribution in [3.05, 3.63) is 0 Å². The zero-order valence-corrected chi connectivity index (χ0v) is 13.1. The molecule has 0 amide bonds. The van der Waals surface area contributed by atoms with E-state index >= 15 is 0 Å². The van der Waals surface area contributed by atoms with Gasteiger partial charge in [0.1, 0.15) is 0 Å². The van der Waals surface area contributed by atoms with Crippen molar-refractivity contribution in [2.24, 2.45) is 17.3 Å². The Balaban J connectivity index is 2.51. The van der Waals surface area contributed by atoms with Gasteiger partial charge in [-0.1, -0.05) is 0 Å². The van der Waals surface area contributed by atoms with Gasteiger partial charge in [-0.2, -0.15) is 26.3 Å². The van der Waals surface area contributed by atoms with E-state index in [9.17, 15) is 26.3 Å². The maximum atomic E-state index is 13.9. The number of ether oxygens (including phenoxy) is 2. The second-order valence-corrected chi connectivity index (χ2v) is 6.67. The smallest absolute Gasteiger partial charge is 0.378 e. The maximum Gasteiger partial charge on any atom is 0.403 e. The van der Waals surface area contributed by atoms with Crippen LogP contribution in [0.1, 0.15) is 39.5 Å². The van der Waals surface area contributed by atoms with Crippen LogP contribution in [0.4, 0.5) is 26.3 Å². The Hall–Kier alpha value is -0.500. The summed E-state index contributed by atoms with van der Waals surface area (Å²) in [5.41, 5.74) is -3.68. The molecule has 4 atom stereocenters. The third-order valence-corrected chi connectivity index (χ3v) is 5.20. The minimum atomic E-state index is -5.35. The molecule has 4 unspecified atom stereocenters. The van der Waals surface area contributed by atoms with Gasteiger partial charge in [-0.25, -0.2) is 0 Å². The second kappa shape index (κ2) is 6.43. The summed E-state index contributed by atoms with van der Waals surface area (Å²) >= 11 is 0. The first-order valence-electron chi connectivity index (χ1n) is 7.86. The molecule has 2 aliphatic heterocycles. The van der Waals surface area contributed by atoms with Gasteiger partial charge >= 0.3 is 12.4 Å². The summed E-state index contributed by atoms with van der Waals surface area (Å²) in [6, 6.07) is 0. The molecule has 8 heteroatoms. The highest BCUT2D eigenvalue weighted by atomic mass is 19.4. The zero-order chi connectivity index (χ0) is 17.5. The SMILES string of the molecule is CC1CC(C(C2CCOC(C)C2)(C(F)(F)F)C(F)(F)F)CCO1. The lowest BCUT2D eigenvalue weighted by Gasteiger charge is -2.51. The highest BCUT2D eigenvalue weighted by molar-refractivity contribution is 5.04. The van der Waals surface area contributed by atoms with E-state index in [1.807, 2.05) is 0 Å². The molecule has 2 saturated heterocycles. The van der Waals surface area contributed by atoms with Gasteiger partial charge in [-0.15, -0.1) is 0 Å². The first-order chi connectivity index (χ1) is 10.5. The van der Waals surface area contributed by atoms with Crippen LogP contribution in [0, 0.1) is 17.3 Å². The number of rotatable bonds is 2. The van der Waals surface area contributed by atoms with Gasteiger partial charge in [0.2, 0.25) is 0 Å². The third-order valence-electron chi connectivity index (χ3n) is 5.20. The van der Waals surface area contributed by atoms with Gasteiger partial charge in [-0.3, -0.25) is 0 Å². The fourth-order valence-electron chi connectivity index (χ4n) is 4.24. The van der Waals surface area contributed by atoms with Crippen LogP contribution in [0.2, 0.25) is 0 Å². The van der Waals surface area contributed by atoms with Gasteiger partial charge in [0, 0.05) is 13.2 Å². The van der Waals surface area contributed by atoms with Crippen LogP contribution in [-0.4, -0.2) is 37.8 Å². The lowest BCUT2D eigenvalue weighted by Crippen LogP contribution is -2.62. The molecule has 0 spiro atoms. The van der Waals surface area contributed by atoms with Crippen molar-refractivity contribution in [3.8, 4) is 0 Å². The summed E-state index contributed by atoms with van der Waals surface area (Å²) in [6.07, 6.45) is -12.8. The fraction of sp³-hybridized carbons (Fsp3) is 1.00. The Labute approximate surface area is 131 Å². The van der Waals surface area contributed by atoms with Gasteiger partial charge in [-0.05, 0) is 51.4 Å². The third kappa shape index (κ3) is 3.34. The highest BCUT2D eigenvalue weighted by Crippen LogP contribution is 2.63. The van der Waals surface area contributed by atoms with E-state index in [1.54, 1.807) is 0 Å². The monoisotopic (exact) mass is 348 g/mol. The molecule has 136 valence electrons. The van der Waals surface area contributed by atoms with E-state index in [2.05, 4.69) is 0 Å². The van der Waals surface area contributed by atoms with Crippen LogP contribution < -0.4 is 0 Å². The molecule has 23 heavy (non-hydrogen) atoms. The molecule has 0 aliphatic carbocycles. The normalized spacial score (nSPS) is 34.4. The molecule has 0 aromatic carbocycles. The maximum absolute atomic E-state index is 13.9. The van der Waals surface area contributed by atoms with Crippen molar-refractivity contribution in [2.45, 2.75) is 64.1 Å². The topological polar surface area (TPSA) is 18.5 Å². The molecule has 0 N–H and O–H groups in total. The molecule has 0 saturated carbocycles.